The molecular formula is C16H27ClN2O2. The molecule has 1 unspecified atom stereocenters. The number of rotatable bonds is 10. The Kier molecular flexibility index (Phi) is 8.69. The van der Waals surface area contributed by atoms with Gasteiger partial charge >= 0.3 is 0 Å². The van der Waals surface area contributed by atoms with Crippen molar-refractivity contribution in [2.45, 2.75) is 19.4 Å². The smallest absolute Gasteiger partial charge is 0.0642 e. The standard InChI is InChI=1S/C16H27ClN2O2/c1-13(18-2)14-6-7-16(15(17)12-14)19(9-11-21-4)8-5-10-20-3/h6-7,12-13,18H,5,8-11H2,1-4H3. The normalized spacial score (nSPS) is 12.4. The molecule has 0 saturated heterocycles. The zero-order chi connectivity index (χ0) is 15.7. The van der Waals surface area contributed by atoms with Gasteiger partial charge in [0.25, 0.3) is 0 Å². The molecule has 0 fully saturated rings. The Morgan fingerprint density at radius 1 is 1.19 bits per heavy atom. The van der Waals surface area contributed by atoms with Gasteiger partial charge in [0.1, 0.15) is 0 Å². The van der Waals surface area contributed by atoms with E-state index in [-0.39, 0.29) is 6.04 Å². The first kappa shape index (κ1) is 18.2. The molecule has 0 aliphatic rings. The van der Waals surface area contributed by atoms with Gasteiger partial charge in [-0.2, -0.15) is 0 Å². The van der Waals surface area contributed by atoms with Gasteiger partial charge in [-0.25, -0.2) is 0 Å². The van der Waals surface area contributed by atoms with Crippen LogP contribution in [0.3, 0.4) is 0 Å². The van der Waals surface area contributed by atoms with Crippen molar-refractivity contribution in [2.24, 2.45) is 0 Å². The summed E-state index contributed by atoms with van der Waals surface area (Å²) in [6, 6.07) is 6.54. The summed E-state index contributed by atoms with van der Waals surface area (Å²) < 4.78 is 10.3. The topological polar surface area (TPSA) is 33.7 Å². The highest BCUT2D eigenvalue weighted by atomic mass is 35.5. The van der Waals surface area contributed by atoms with Crippen LogP contribution in [-0.2, 0) is 9.47 Å². The Labute approximate surface area is 133 Å². The quantitative estimate of drug-likeness (QED) is 0.673. The van der Waals surface area contributed by atoms with Gasteiger partial charge in [-0.1, -0.05) is 17.7 Å². The summed E-state index contributed by atoms with van der Waals surface area (Å²) in [6.07, 6.45) is 0.964. The minimum absolute atomic E-state index is 0.289. The fourth-order valence-corrected chi connectivity index (χ4v) is 2.48. The summed E-state index contributed by atoms with van der Waals surface area (Å²) in [5, 5.41) is 4.01. The molecule has 4 nitrogen and oxygen atoms in total. The molecule has 0 aliphatic heterocycles. The lowest BCUT2D eigenvalue weighted by Crippen LogP contribution is -2.29. The lowest BCUT2D eigenvalue weighted by molar-refractivity contribution is 0.191. The molecule has 0 bridgehead atoms. The van der Waals surface area contributed by atoms with Gasteiger partial charge in [0.05, 0.1) is 17.3 Å². The number of nitrogens with one attached hydrogen (secondary N) is 1. The van der Waals surface area contributed by atoms with Gasteiger partial charge < -0.3 is 19.7 Å². The highest BCUT2D eigenvalue weighted by Crippen LogP contribution is 2.29. The van der Waals surface area contributed by atoms with Crippen LogP contribution >= 0.6 is 11.6 Å². The molecule has 5 heteroatoms. The average molecular weight is 315 g/mol. The number of anilines is 1. The molecule has 0 spiro atoms. The van der Waals surface area contributed by atoms with E-state index in [2.05, 4.69) is 29.3 Å². The van der Waals surface area contributed by atoms with Gasteiger partial charge in [-0.15, -0.1) is 0 Å². The van der Waals surface area contributed by atoms with Crippen molar-refractivity contribution in [3.05, 3.63) is 28.8 Å². The Morgan fingerprint density at radius 2 is 1.90 bits per heavy atom. The first-order chi connectivity index (χ1) is 10.1. The number of ether oxygens (including phenoxy) is 2. The van der Waals surface area contributed by atoms with E-state index in [9.17, 15) is 0 Å². The van der Waals surface area contributed by atoms with Crippen molar-refractivity contribution in [3.8, 4) is 0 Å². The van der Waals surface area contributed by atoms with Crippen molar-refractivity contribution in [1.82, 2.24) is 5.32 Å². The van der Waals surface area contributed by atoms with Crippen LogP contribution < -0.4 is 10.2 Å². The molecule has 1 aromatic carbocycles. The molecule has 0 aromatic heterocycles. The fourth-order valence-electron chi connectivity index (χ4n) is 2.17. The molecular weight excluding hydrogens is 288 g/mol. The first-order valence-electron chi connectivity index (χ1n) is 7.33. The van der Waals surface area contributed by atoms with Gasteiger partial charge in [0.2, 0.25) is 0 Å². The number of benzene rings is 1. The van der Waals surface area contributed by atoms with Crippen LogP contribution in [0.1, 0.15) is 24.9 Å². The summed E-state index contributed by atoms with van der Waals surface area (Å²) in [7, 11) is 5.38. The van der Waals surface area contributed by atoms with Crippen LogP contribution in [0, 0.1) is 0 Å². The van der Waals surface area contributed by atoms with Crippen molar-refractivity contribution < 1.29 is 9.47 Å². The van der Waals surface area contributed by atoms with Crippen molar-refractivity contribution in [3.63, 3.8) is 0 Å². The first-order valence-corrected chi connectivity index (χ1v) is 7.71. The third-order valence-corrected chi connectivity index (χ3v) is 3.89. The van der Waals surface area contributed by atoms with Crippen LogP contribution in [0.4, 0.5) is 5.69 Å². The van der Waals surface area contributed by atoms with Gasteiger partial charge in [0.15, 0.2) is 0 Å². The predicted octanol–water partition coefficient (Wildman–Crippen LogP) is 3.11. The highest BCUT2D eigenvalue weighted by molar-refractivity contribution is 6.33. The van der Waals surface area contributed by atoms with E-state index in [1.165, 1.54) is 5.56 Å². The zero-order valence-electron chi connectivity index (χ0n) is 13.5. The van der Waals surface area contributed by atoms with Crippen molar-refractivity contribution >= 4 is 17.3 Å². The van der Waals surface area contributed by atoms with E-state index in [4.69, 9.17) is 21.1 Å². The minimum Gasteiger partial charge on any atom is -0.385 e. The fraction of sp³-hybridized carbons (Fsp3) is 0.625. The number of halogens is 1. The SMILES string of the molecule is CNC(C)c1ccc(N(CCCOC)CCOC)c(Cl)c1. The Bertz CT molecular complexity index is 415. The Balaban J connectivity index is 2.84. The van der Waals surface area contributed by atoms with Gasteiger partial charge in [-0.05, 0) is 38.1 Å². The number of hydrogen-bond acceptors (Lipinski definition) is 4. The van der Waals surface area contributed by atoms with E-state index in [0.29, 0.717) is 6.61 Å². The number of nitrogens with zero attached hydrogens (tertiary/aromatic N) is 1. The van der Waals surface area contributed by atoms with Crippen LogP contribution in [0.25, 0.3) is 0 Å². The average Bonchev–Trinajstić information content (AvgIpc) is 2.50. The summed E-state index contributed by atoms with van der Waals surface area (Å²) in [6.45, 7) is 5.26. The summed E-state index contributed by atoms with van der Waals surface area (Å²) >= 11 is 6.48. The Morgan fingerprint density at radius 3 is 2.48 bits per heavy atom. The lowest BCUT2D eigenvalue weighted by Gasteiger charge is -2.26. The van der Waals surface area contributed by atoms with Crippen molar-refractivity contribution in [2.75, 3.05) is 52.5 Å². The maximum atomic E-state index is 6.48. The summed E-state index contributed by atoms with van der Waals surface area (Å²) in [5.41, 5.74) is 2.24. The van der Waals surface area contributed by atoms with Crippen molar-refractivity contribution in [1.29, 1.82) is 0 Å². The maximum Gasteiger partial charge on any atom is 0.0642 e. The number of hydrogen-bond donors (Lipinski definition) is 1. The minimum atomic E-state index is 0.289. The third-order valence-electron chi connectivity index (χ3n) is 3.59. The zero-order valence-corrected chi connectivity index (χ0v) is 14.2. The molecule has 0 amide bonds. The molecule has 0 heterocycles. The molecule has 1 rings (SSSR count). The largest absolute Gasteiger partial charge is 0.385 e. The molecule has 0 aliphatic carbocycles. The third kappa shape index (κ3) is 5.83. The Hall–Kier alpha value is -0.810. The molecule has 1 aromatic rings. The second-order valence-electron chi connectivity index (χ2n) is 5.05. The molecule has 21 heavy (non-hydrogen) atoms. The molecule has 120 valence electrons. The molecule has 0 saturated carbocycles. The van der Waals surface area contributed by atoms with Gasteiger partial charge in [-0.3, -0.25) is 0 Å². The summed E-state index contributed by atoms with van der Waals surface area (Å²) in [5.74, 6) is 0. The monoisotopic (exact) mass is 314 g/mol. The predicted molar refractivity (Wildman–Crippen MR) is 89.5 cm³/mol. The van der Waals surface area contributed by atoms with E-state index in [0.717, 1.165) is 36.8 Å². The van der Waals surface area contributed by atoms with Crippen LogP contribution in [0.5, 0.6) is 0 Å². The molecule has 0 radical (unpaired) electrons. The second kappa shape index (κ2) is 10.0. The van der Waals surface area contributed by atoms with E-state index in [1.807, 2.05) is 13.1 Å². The van der Waals surface area contributed by atoms with E-state index < -0.39 is 0 Å². The van der Waals surface area contributed by atoms with Crippen LogP contribution in [0.15, 0.2) is 18.2 Å². The highest BCUT2D eigenvalue weighted by Gasteiger charge is 2.12. The summed E-state index contributed by atoms with van der Waals surface area (Å²) in [4.78, 5) is 2.25. The lowest BCUT2D eigenvalue weighted by atomic mass is 10.1. The maximum absolute atomic E-state index is 6.48. The molecule has 1 N–H and O–H groups in total. The molecule has 1 atom stereocenters. The number of methoxy groups -OCH3 is 2. The second-order valence-corrected chi connectivity index (χ2v) is 5.45. The van der Waals surface area contributed by atoms with Gasteiger partial charge in [0, 0.05) is 40.0 Å². The van der Waals surface area contributed by atoms with Crippen LogP contribution in [-0.4, -0.2) is 47.6 Å². The van der Waals surface area contributed by atoms with E-state index >= 15 is 0 Å². The van der Waals surface area contributed by atoms with E-state index in [1.54, 1.807) is 14.2 Å². The van der Waals surface area contributed by atoms with Crippen LogP contribution in [0.2, 0.25) is 5.02 Å².